The number of carbonyl (C=O) groups is 2. The number of nitrogens with zero attached hydrogens (tertiary/aromatic N) is 3. The summed E-state index contributed by atoms with van der Waals surface area (Å²) < 4.78 is 5.55. The number of benzene rings is 1. The second kappa shape index (κ2) is 12.5. The van der Waals surface area contributed by atoms with E-state index in [4.69, 9.17) is 16.3 Å². The van der Waals surface area contributed by atoms with E-state index in [1.165, 1.54) is 0 Å². The quantitative estimate of drug-likeness (QED) is 0.289. The fourth-order valence-electron chi connectivity index (χ4n) is 5.17. The summed E-state index contributed by atoms with van der Waals surface area (Å²) in [7, 11) is 5.48. The molecule has 1 atom stereocenters. The van der Waals surface area contributed by atoms with Crippen molar-refractivity contribution in [3.8, 4) is 28.8 Å². The predicted molar refractivity (Wildman–Crippen MR) is 161 cm³/mol. The summed E-state index contributed by atoms with van der Waals surface area (Å²) in [5, 5.41) is 6.80. The molecule has 212 valence electrons. The summed E-state index contributed by atoms with van der Waals surface area (Å²) in [5.41, 5.74) is 4.81. The van der Waals surface area contributed by atoms with Crippen LogP contribution in [0, 0.1) is 11.8 Å². The standard InChI is InChI=1S/C31H33ClN6O3/c1-37(2)17-6-10-26(39)38-18-5-7-21(38)12-11-20-19-33-15-13-22(20)28-29(27-24(35-28)14-16-34-31(27)40)36-25-9-4-8-23(32)30(25)41-3/h4,6,8-10,13,15,19,21,35-36H,5,7,14,16-18H2,1-3H3,(H,34,40)/b10-6+/t21-/m1/s1. The zero-order chi connectivity index (χ0) is 28.9. The van der Waals surface area contributed by atoms with E-state index in [1.807, 2.05) is 48.2 Å². The largest absolute Gasteiger partial charge is 0.493 e. The number of hydrogen-bond donors (Lipinski definition) is 3. The van der Waals surface area contributed by atoms with Gasteiger partial charge in [0.15, 0.2) is 5.75 Å². The zero-order valence-corrected chi connectivity index (χ0v) is 24.1. The molecule has 1 aromatic carbocycles. The number of methoxy groups -OCH3 is 1. The first-order chi connectivity index (χ1) is 19.9. The van der Waals surface area contributed by atoms with Gasteiger partial charge in [0.2, 0.25) is 5.91 Å². The normalized spacial score (nSPS) is 16.4. The van der Waals surface area contributed by atoms with Crippen LogP contribution in [0.4, 0.5) is 11.4 Å². The molecular weight excluding hydrogens is 540 g/mol. The van der Waals surface area contributed by atoms with Crippen LogP contribution in [-0.2, 0) is 11.2 Å². The average Bonchev–Trinajstić information content (AvgIpc) is 3.57. The molecule has 1 saturated heterocycles. The lowest BCUT2D eigenvalue weighted by molar-refractivity contribution is -0.125. The number of hydrogen-bond acceptors (Lipinski definition) is 6. The molecule has 1 fully saturated rings. The Labute approximate surface area is 244 Å². The Bertz CT molecular complexity index is 1550. The molecule has 2 aromatic heterocycles. The van der Waals surface area contributed by atoms with Gasteiger partial charge in [-0.25, -0.2) is 0 Å². The Kier molecular flexibility index (Phi) is 8.62. The molecule has 4 heterocycles. The highest BCUT2D eigenvalue weighted by molar-refractivity contribution is 6.32. The first-order valence-corrected chi connectivity index (χ1v) is 14.0. The number of anilines is 2. The third-order valence-electron chi connectivity index (χ3n) is 7.13. The minimum Gasteiger partial charge on any atom is -0.493 e. The molecule has 41 heavy (non-hydrogen) atoms. The third-order valence-corrected chi connectivity index (χ3v) is 7.42. The Morgan fingerprint density at radius 1 is 1.34 bits per heavy atom. The molecule has 10 heteroatoms. The molecule has 0 radical (unpaired) electrons. The SMILES string of the molecule is COc1c(Cl)cccc1Nc1c(-c2ccncc2C#C[C@H]2CCCN2C(=O)/C=C/CN(C)C)[nH]c2c1C(=O)NCC2. The number of likely N-dealkylation sites (N-methyl/N-ethyl adjacent to an activating group) is 1. The van der Waals surface area contributed by atoms with E-state index >= 15 is 0 Å². The molecule has 0 saturated carbocycles. The number of para-hydroxylation sites is 1. The fraction of sp³-hybridized carbons (Fsp3) is 0.323. The van der Waals surface area contributed by atoms with Crippen molar-refractivity contribution in [1.29, 1.82) is 0 Å². The van der Waals surface area contributed by atoms with Crippen molar-refractivity contribution < 1.29 is 14.3 Å². The number of ether oxygens (including phenoxy) is 1. The van der Waals surface area contributed by atoms with Crippen molar-refractivity contribution in [2.75, 3.05) is 46.2 Å². The maximum absolute atomic E-state index is 13.0. The minimum atomic E-state index is -0.185. The fourth-order valence-corrected chi connectivity index (χ4v) is 5.42. The second-order valence-electron chi connectivity index (χ2n) is 10.2. The van der Waals surface area contributed by atoms with Gasteiger partial charge in [-0.2, -0.15) is 0 Å². The number of halogens is 1. The molecule has 3 aromatic rings. The van der Waals surface area contributed by atoms with Crippen LogP contribution in [0.25, 0.3) is 11.3 Å². The van der Waals surface area contributed by atoms with E-state index in [-0.39, 0.29) is 17.9 Å². The van der Waals surface area contributed by atoms with Gasteiger partial charge in [0.05, 0.1) is 46.4 Å². The first kappa shape index (κ1) is 28.3. The van der Waals surface area contributed by atoms with E-state index in [2.05, 4.69) is 32.4 Å². The number of amides is 2. The number of nitrogens with one attached hydrogen (secondary N) is 3. The van der Waals surface area contributed by atoms with Gasteiger partial charge in [-0.1, -0.05) is 35.6 Å². The highest BCUT2D eigenvalue weighted by Crippen LogP contribution is 2.41. The predicted octanol–water partition coefficient (Wildman–Crippen LogP) is 4.23. The summed E-state index contributed by atoms with van der Waals surface area (Å²) in [6, 6.07) is 7.11. The number of pyridine rings is 1. The Morgan fingerprint density at radius 3 is 3.00 bits per heavy atom. The van der Waals surface area contributed by atoms with Crippen LogP contribution in [0.1, 0.15) is 34.5 Å². The van der Waals surface area contributed by atoms with Gasteiger partial charge < -0.3 is 30.2 Å². The van der Waals surface area contributed by atoms with Crippen LogP contribution in [0.15, 0.2) is 48.8 Å². The number of H-pyrrole nitrogens is 1. The van der Waals surface area contributed by atoms with Crippen molar-refractivity contribution in [3.05, 3.63) is 70.7 Å². The summed E-state index contributed by atoms with van der Waals surface area (Å²) in [6.45, 7) is 1.92. The first-order valence-electron chi connectivity index (χ1n) is 13.6. The lowest BCUT2D eigenvalue weighted by Gasteiger charge is -2.19. The van der Waals surface area contributed by atoms with Crippen LogP contribution < -0.4 is 15.4 Å². The van der Waals surface area contributed by atoms with Gasteiger partial charge >= 0.3 is 0 Å². The molecule has 2 amide bonds. The Morgan fingerprint density at radius 2 is 2.20 bits per heavy atom. The molecule has 3 N–H and O–H groups in total. The zero-order valence-electron chi connectivity index (χ0n) is 23.4. The maximum atomic E-state index is 13.0. The van der Waals surface area contributed by atoms with Crippen molar-refractivity contribution in [2.45, 2.75) is 25.3 Å². The number of likely N-dealkylation sites (tertiary alicyclic amines) is 1. The van der Waals surface area contributed by atoms with Gasteiger partial charge in [-0.05, 0) is 45.1 Å². The molecule has 2 aliphatic rings. The highest BCUT2D eigenvalue weighted by atomic mass is 35.5. The number of aromatic nitrogens is 2. The molecule has 0 unspecified atom stereocenters. The van der Waals surface area contributed by atoms with Crippen LogP contribution in [0.3, 0.4) is 0 Å². The van der Waals surface area contributed by atoms with Crippen molar-refractivity contribution >= 4 is 34.8 Å². The third kappa shape index (κ3) is 6.09. The average molecular weight is 573 g/mol. The molecule has 0 aliphatic carbocycles. The van der Waals surface area contributed by atoms with E-state index in [0.717, 1.165) is 24.1 Å². The number of rotatable bonds is 7. The molecule has 2 aliphatic heterocycles. The summed E-state index contributed by atoms with van der Waals surface area (Å²) >= 11 is 6.39. The molecule has 9 nitrogen and oxygen atoms in total. The van der Waals surface area contributed by atoms with Gasteiger partial charge in [-0.15, -0.1) is 0 Å². The molecule has 0 bridgehead atoms. The maximum Gasteiger partial charge on any atom is 0.255 e. The lowest BCUT2D eigenvalue weighted by atomic mass is 10.0. The van der Waals surface area contributed by atoms with Crippen molar-refractivity contribution in [3.63, 3.8) is 0 Å². The smallest absolute Gasteiger partial charge is 0.255 e. The number of aromatic amines is 1. The van der Waals surface area contributed by atoms with Crippen LogP contribution >= 0.6 is 11.6 Å². The van der Waals surface area contributed by atoms with E-state index in [9.17, 15) is 9.59 Å². The van der Waals surface area contributed by atoms with E-state index in [0.29, 0.717) is 65.0 Å². The highest BCUT2D eigenvalue weighted by Gasteiger charge is 2.29. The summed E-state index contributed by atoms with van der Waals surface area (Å²) in [6.07, 6.45) is 9.29. The van der Waals surface area contributed by atoms with E-state index in [1.54, 1.807) is 31.6 Å². The van der Waals surface area contributed by atoms with Crippen molar-refractivity contribution in [2.24, 2.45) is 0 Å². The topological polar surface area (TPSA) is 103 Å². The number of carbonyl (C=O) groups excluding carboxylic acids is 2. The van der Waals surface area contributed by atoms with Crippen LogP contribution in [0.2, 0.25) is 5.02 Å². The monoisotopic (exact) mass is 572 g/mol. The summed E-state index contributed by atoms with van der Waals surface area (Å²) in [4.78, 5) is 37.5. The van der Waals surface area contributed by atoms with Gasteiger partial charge in [0, 0.05) is 55.8 Å². The molecule has 0 spiro atoms. The lowest BCUT2D eigenvalue weighted by Crippen LogP contribution is -2.33. The second-order valence-corrected chi connectivity index (χ2v) is 10.6. The van der Waals surface area contributed by atoms with Crippen LogP contribution in [0.5, 0.6) is 5.75 Å². The van der Waals surface area contributed by atoms with Crippen molar-refractivity contribution in [1.82, 2.24) is 25.1 Å². The van der Waals surface area contributed by atoms with Gasteiger partial charge in [0.1, 0.15) is 0 Å². The van der Waals surface area contributed by atoms with Crippen LogP contribution in [-0.4, -0.2) is 78.5 Å². The van der Waals surface area contributed by atoms with Gasteiger partial charge in [-0.3, -0.25) is 14.6 Å². The molecule has 5 rings (SSSR count). The number of fused-ring (bicyclic) bond motifs is 1. The van der Waals surface area contributed by atoms with E-state index < -0.39 is 0 Å². The Hall–Kier alpha value is -4.26. The summed E-state index contributed by atoms with van der Waals surface area (Å²) in [5.74, 6) is 6.90. The minimum absolute atomic E-state index is 0.0277. The Balaban J connectivity index is 1.52. The molecular formula is C31H33ClN6O3. The van der Waals surface area contributed by atoms with Gasteiger partial charge in [0.25, 0.3) is 5.91 Å².